The molecule has 2 rings (SSSR count). The molecule has 6 heteroatoms. The normalized spacial score (nSPS) is 22.8. The lowest BCUT2D eigenvalue weighted by molar-refractivity contribution is -0.142. The summed E-state index contributed by atoms with van der Waals surface area (Å²) in [5.74, 6) is 0.358. The lowest BCUT2D eigenvalue weighted by Crippen LogP contribution is -2.31. The second-order valence-electron chi connectivity index (χ2n) is 4.24. The number of ether oxygens (including phenoxy) is 2. The summed E-state index contributed by atoms with van der Waals surface area (Å²) in [5.41, 5.74) is 0.964. The van der Waals surface area contributed by atoms with Crippen LogP contribution in [0.25, 0.3) is 0 Å². The molecule has 0 spiro atoms. The molecule has 2 atom stereocenters. The van der Waals surface area contributed by atoms with E-state index >= 15 is 0 Å². The van der Waals surface area contributed by atoms with Crippen molar-refractivity contribution < 1.29 is 14.3 Å². The average molecular weight is 315 g/mol. The maximum atomic E-state index is 11.4. The van der Waals surface area contributed by atoms with Crippen molar-refractivity contribution in [2.75, 3.05) is 13.7 Å². The van der Waals surface area contributed by atoms with Gasteiger partial charge in [-0.25, -0.2) is 4.98 Å². The fraction of sp³-hybridized carbons (Fsp3) is 0.500. The molecule has 1 aromatic rings. The van der Waals surface area contributed by atoms with Crippen LogP contribution in [0, 0.1) is 6.92 Å². The molecule has 18 heavy (non-hydrogen) atoms. The summed E-state index contributed by atoms with van der Waals surface area (Å²) in [4.78, 5) is 15.6. The van der Waals surface area contributed by atoms with Gasteiger partial charge in [0.25, 0.3) is 0 Å². The zero-order valence-electron chi connectivity index (χ0n) is 10.3. The number of aromatic nitrogens is 1. The van der Waals surface area contributed by atoms with Crippen molar-refractivity contribution in [3.8, 4) is 5.88 Å². The number of halogens is 1. The molecule has 1 N–H and O–H groups in total. The number of hydrogen-bond donors (Lipinski definition) is 1. The number of methoxy groups -OCH3 is 1. The molecule has 98 valence electrons. The van der Waals surface area contributed by atoms with Crippen LogP contribution in [-0.4, -0.2) is 36.8 Å². The maximum Gasteiger partial charge on any atom is 0.323 e. The highest BCUT2D eigenvalue weighted by Gasteiger charge is 2.31. The standard InChI is InChI=1S/C12H15BrN2O3/c1-7-3-8(13)5-15-11(7)18-9-4-10(14-6-9)12(16)17-2/h3,5,9-10,14H,4,6H2,1-2H3. The summed E-state index contributed by atoms with van der Waals surface area (Å²) in [6, 6.07) is 1.67. The summed E-state index contributed by atoms with van der Waals surface area (Å²) in [6.45, 7) is 2.56. The van der Waals surface area contributed by atoms with E-state index in [0.717, 1.165) is 10.0 Å². The van der Waals surface area contributed by atoms with Gasteiger partial charge in [-0.05, 0) is 28.9 Å². The Hall–Kier alpha value is -1.14. The maximum absolute atomic E-state index is 11.4. The number of carbonyl (C=O) groups excluding carboxylic acids is 1. The largest absolute Gasteiger partial charge is 0.473 e. The van der Waals surface area contributed by atoms with Crippen LogP contribution in [0.15, 0.2) is 16.7 Å². The minimum Gasteiger partial charge on any atom is -0.473 e. The first-order valence-corrected chi connectivity index (χ1v) is 6.49. The lowest BCUT2D eigenvalue weighted by atomic mass is 10.2. The summed E-state index contributed by atoms with van der Waals surface area (Å²) in [5, 5.41) is 3.07. The highest BCUT2D eigenvalue weighted by molar-refractivity contribution is 9.10. The fourth-order valence-corrected chi connectivity index (χ4v) is 2.37. The van der Waals surface area contributed by atoms with Gasteiger partial charge < -0.3 is 14.8 Å². The molecule has 0 radical (unpaired) electrons. The van der Waals surface area contributed by atoms with E-state index < -0.39 is 0 Å². The van der Waals surface area contributed by atoms with Gasteiger partial charge in [-0.15, -0.1) is 0 Å². The van der Waals surface area contributed by atoms with E-state index in [2.05, 4.69) is 26.2 Å². The molecular formula is C12H15BrN2O3. The molecular weight excluding hydrogens is 300 g/mol. The molecule has 0 saturated carbocycles. The van der Waals surface area contributed by atoms with E-state index in [0.29, 0.717) is 18.8 Å². The summed E-state index contributed by atoms with van der Waals surface area (Å²) < 4.78 is 11.4. The Morgan fingerprint density at radius 1 is 1.61 bits per heavy atom. The molecule has 2 unspecified atom stereocenters. The lowest BCUT2D eigenvalue weighted by Gasteiger charge is -2.13. The van der Waals surface area contributed by atoms with E-state index in [-0.39, 0.29) is 18.1 Å². The second-order valence-corrected chi connectivity index (χ2v) is 5.15. The Balaban J connectivity index is 1.97. The number of rotatable bonds is 3. The van der Waals surface area contributed by atoms with Crippen molar-refractivity contribution in [1.82, 2.24) is 10.3 Å². The SMILES string of the molecule is COC(=O)C1CC(Oc2ncc(Br)cc2C)CN1. The van der Waals surface area contributed by atoms with Gasteiger partial charge in [0.1, 0.15) is 12.1 Å². The fourth-order valence-electron chi connectivity index (χ4n) is 1.92. The van der Waals surface area contributed by atoms with Crippen LogP contribution in [0.3, 0.4) is 0 Å². The average Bonchev–Trinajstić information content (AvgIpc) is 2.80. The minimum atomic E-state index is -0.282. The van der Waals surface area contributed by atoms with E-state index in [1.807, 2.05) is 13.0 Å². The van der Waals surface area contributed by atoms with Crippen LogP contribution in [0.5, 0.6) is 5.88 Å². The third-order valence-corrected chi connectivity index (χ3v) is 3.29. The minimum absolute atomic E-state index is 0.0542. The Bertz CT molecular complexity index is 453. The summed E-state index contributed by atoms with van der Waals surface area (Å²) in [7, 11) is 1.39. The molecule has 1 aliphatic heterocycles. The molecule has 1 aromatic heterocycles. The second kappa shape index (κ2) is 5.67. The van der Waals surface area contributed by atoms with E-state index in [9.17, 15) is 4.79 Å². The zero-order chi connectivity index (χ0) is 13.1. The Labute approximate surface area is 114 Å². The van der Waals surface area contributed by atoms with E-state index in [1.54, 1.807) is 6.20 Å². The Morgan fingerprint density at radius 3 is 3.06 bits per heavy atom. The predicted molar refractivity (Wildman–Crippen MR) is 69.5 cm³/mol. The number of carbonyl (C=O) groups is 1. The smallest absolute Gasteiger partial charge is 0.323 e. The third kappa shape index (κ3) is 3.00. The number of esters is 1. The van der Waals surface area contributed by atoms with Crippen molar-refractivity contribution in [1.29, 1.82) is 0 Å². The van der Waals surface area contributed by atoms with Gasteiger partial charge in [0.15, 0.2) is 0 Å². The molecule has 0 bridgehead atoms. The quantitative estimate of drug-likeness (QED) is 0.855. The van der Waals surface area contributed by atoms with Crippen LogP contribution in [0.1, 0.15) is 12.0 Å². The first kappa shape index (κ1) is 13.3. The third-order valence-electron chi connectivity index (χ3n) is 2.85. The van der Waals surface area contributed by atoms with Gasteiger partial charge in [0.05, 0.1) is 7.11 Å². The molecule has 1 saturated heterocycles. The Morgan fingerprint density at radius 2 is 2.39 bits per heavy atom. The first-order chi connectivity index (χ1) is 8.60. The van der Waals surface area contributed by atoms with E-state index in [1.165, 1.54) is 7.11 Å². The molecule has 0 aromatic carbocycles. The van der Waals surface area contributed by atoms with Gasteiger partial charge in [0.2, 0.25) is 5.88 Å². The van der Waals surface area contributed by atoms with Gasteiger partial charge in [-0.1, -0.05) is 0 Å². The van der Waals surface area contributed by atoms with Crippen molar-refractivity contribution in [3.63, 3.8) is 0 Å². The first-order valence-electron chi connectivity index (χ1n) is 5.70. The van der Waals surface area contributed by atoms with Crippen molar-refractivity contribution in [2.24, 2.45) is 0 Å². The van der Waals surface area contributed by atoms with Gasteiger partial charge in [0, 0.05) is 29.2 Å². The summed E-state index contributed by atoms with van der Waals surface area (Å²) >= 11 is 3.36. The predicted octanol–water partition coefficient (Wildman–Crippen LogP) is 1.43. The Kier molecular flexibility index (Phi) is 4.19. The van der Waals surface area contributed by atoms with Crippen LogP contribution < -0.4 is 10.1 Å². The molecule has 5 nitrogen and oxygen atoms in total. The van der Waals surface area contributed by atoms with Crippen LogP contribution in [-0.2, 0) is 9.53 Å². The van der Waals surface area contributed by atoms with Gasteiger partial charge in [-0.2, -0.15) is 0 Å². The topological polar surface area (TPSA) is 60.5 Å². The monoisotopic (exact) mass is 314 g/mol. The highest BCUT2D eigenvalue weighted by atomic mass is 79.9. The molecule has 2 heterocycles. The molecule has 0 amide bonds. The van der Waals surface area contributed by atoms with Gasteiger partial charge >= 0.3 is 5.97 Å². The number of aryl methyl sites for hydroxylation is 1. The number of nitrogens with one attached hydrogen (secondary N) is 1. The van der Waals surface area contributed by atoms with E-state index in [4.69, 9.17) is 9.47 Å². The number of hydrogen-bond acceptors (Lipinski definition) is 5. The molecule has 1 aliphatic rings. The molecule has 1 fully saturated rings. The van der Waals surface area contributed by atoms with Crippen LogP contribution >= 0.6 is 15.9 Å². The molecule has 0 aliphatic carbocycles. The van der Waals surface area contributed by atoms with Gasteiger partial charge in [-0.3, -0.25) is 4.79 Å². The van der Waals surface area contributed by atoms with Crippen LogP contribution in [0.2, 0.25) is 0 Å². The van der Waals surface area contributed by atoms with Crippen LogP contribution in [0.4, 0.5) is 0 Å². The highest BCUT2D eigenvalue weighted by Crippen LogP contribution is 2.22. The number of nitrogens with zero attached hydrogens (tertiary/aromatic N) is 1. The zero-order valence-corrected chi connectivity index (χ0v) is 11.9. The van der Waals surface area contributed by atoms with Crippen molar-refractivity contribution >= 4 is 21.9 Å². The number of pyridine rings is 1. The van der Waals surface area contributed by atoms with Crippen molar-refractivity contribution in [2.45, 2.75) is 25.5 Å². The summed E-state index contributed by atoms with van der Waals surface area (Å²) in [6.07, 6.45) is 2.24. The van der Waals surface area contributed by atoms with Crippen molar-refractivity contribution in [3.05, 3.63) is 22.3 Å².